The van der Waals surface area contributed by atoms with Crippen LogP contribution in [0.3, 0.4) is 0 Å². The SMILES string of the molecule is CC1=C[C](C)([Zr]([CH2]c2ccccc2)([CH2]c2ccccc2)[C]2(C)C=CC(C)=C2)C=C1. The second-order valence-corrected chi connectivity index (χ2v) is 21.8. The molecule has 2 unspecified atom stereocenters. The van der Waals surface area contributed by atoms with Crippen LogP contribution in [0.15, 0.2) is 108 Å². The first-order valence-electron chi connectivity index (χ1n) is 10.7. The van der Waals surface area contributed by atoms with Gasteiger partial charge >= 0.3 is 182 Å². The number of allylic oxidation sites excluding steroid dienone is 8. The molecule has 29 heavy (non-hydrogen) atoms. The Morgan fingerprint density at radius 2 is 1.00 bits per heavy atom. The molecule has 0 spiro atoms. The van der Waals surface area contributed by atoms with Crippen molar-refractivity contribution in [1.29, 1.82) is 0 Å². The van der Waals surface area contributed by atoms with Gasteiger partial charge in [0.05, 0.1) is 0 Å². The molecule has 0 saturated heterocycles. The van der Waals surface area contributed by atoms with E-state index >= 15 is 0 Å². The Balaban J connectivity index is 1.94. The summed E-state index contributed by atoms with van der Waals surface area (Å²) >= 11 is -3.12. The van der Waals surface area contributed by atoms with Gasteiger partial charge in [0.1, 0.15) is 0 Å². The van der Waals surface area contributed by atoms with Crippen LogP contribution in [-0.2, 0) is 28.5 Å². The number of hydrogen-bond donors (Lipinski definition) is 0. The molecule has 0 heterocycles. The molecular formula is C28H32Zr. The maximum atomic E-state index is 2.59. The quantitative estimate of drug-likeness (QED) is 0.411. The molecule has 0 fully saturated rings. The second kappa shape index (κ2) is 7.84. The first kappa shape index (κ1) is 20.6. The number of rotatable bonds is 6. The van der Waals surface area contributed by atoms with E-state index in [4.69, 9.17) is 0 Å². The van der Waals surface area contributed by atoms with Gasteiger partial charge in [-0.05, 0) is 0 Å². The van der Waals surface area contributed by atoms with Crippen LogP contribution < -0.4 is 0 Å². The molecule has 2 aliphatic carbocycles. The van der Waals surface area contributed by atoms with E-state index in [0.29, 0.717) is 0 Å². The van der Waals surface area contributed by atoms with Gasteiger partial charge in [-0.25, -0.2) is 0 Å². The zero-order chi connectivity index (χ0) is 20.5. The van der Waals surface area contributed by atoms with Crippen molar-refractivity contribution in [2.24, 2.45) is 0 Å². The van der Waals surface area contributed by atoms with Crippen molar-refractivity contribution in [2.45, 2.75) is 42.2 Å². The molecule has 0 aliphatic heterocycles. The summed E-state index contributed by atoms with van der Waals surface area (Å²) in [5.74, 6) is 0. The molecule has 0 aromatic heterocycles. The minimum absolute atomic E-state index is 0.171. The summed E-state index contributed by atoms with van der Waals surface area (Å²) in [7, 11) is 0. The van der Waals surface area contributed by atoms with Gasteiger partial charge in [0.15, 0.2) is 0 Å². The van der Waals surface area contributed by atoms with Gasteiger partial charge in [-0.2, -0.15) is 0 Å². The van der Waals surface area contributed by atoms with E-state index in [-0.39, 0.29) is 6.25 Å². The van der Waals surface area contributed by atoms with Gasteiger partial charge in [-0.15, -0.1) is 0 Å². The Morgan fingerprint density at radius 3 is 1.31 bits per heavy atom. The van der Waals surface area contributed by atoms with E-state index in [9.17, 15) is 0 Å². The average molecular weight is 460 g/mol. The maximum absolute atomic E-state index is 3.12. The Morgan fingerprint density at radius 1 is 0.621 bits per heavy atom. The fourth-order valence-corrected chi connectivity index (χ4v) is 21.6. The van der Waals surface area contributed by atoms with Gasteiger partial charge in [0.25, 0.3) is 0 Å². The summed E-state index contributed by atoms with van der Waals surface area (Å²) in [4.78, 5) is 0. The molecule has 0 amide bonds. The zero-order valence-corrected chi connectivity index (χ0v) is 20.6. The van der Waals surface area contributed by atoms with Gasteiger partial charge < -0.3 is 0 Å². The predicted octanol–water partition coefficient (Wildman–Crippen LogP) is 7.93. The predicted molar refractivity (Wildman–Crippen MR) is 123 cm³/mol. The van der Waals surface area contributed by atoms with E-state index in [1.165, 1.54) is 30.5 Å². The Labute approximate surface area is 181 Å². The molecule has 4 rings (SSSR count). The Bertz CT molecular complexity index is 910. The molecular weight excluding hydrogens is 428 g/mol. The summed E-state index contributed by atoms with van der Waals surface area (Å²) in [6.45, 7) is 9.58. The summed E-state index contributed by atoms with van der Waals surface area (Å²) in [5.41, 5.74) is 5.83. The van der Waals surface area contributed by atoms with Crippen LogP contribution in [0, 0.1) is 0 Å². The summed E-state index contributed by atoms with van der Waals surface area (Å²) < 4.78 is 2.81. The van der Waals surface area contributed by atoms with Crippen molar-refractivity contribution in [1.82, 2.24) is 0 Å². The van der Waals surface area contributed by atoms with Crippen molar-refractivity contribution in [3.63, 3.8) is 0 Å². The third-order valence-electron chi connectivity index (χ3n) is 7.20. The fourth-order valence-electron chi connectivity index (χ4n) is 5.64. The van der Waals surface area contributed by atoms with Crippen LogP contribution in [0.5, 0.6) is 0 Å². The normalized spacial score (nSPS) is 25.9. The molecule has 0 nitrogen and oxygen atoms in total. The molecule has 2 atom stereocenters. The van der Waals surface area contributed by atoms with Crippen molar-refractivity contribution in [3.8, 4) is 0 Å². The molecule has 1 heteroatoms. The van der Waals surface area contributed by atoms with Gasteiger partial charge in [0, 0.05) is 0 Å². The van der Waals surface area contributed by atoms with Crippen LogP contribution in [0.4, 0.5) is 0 Å². The third-order valence-corrected chi connectivity index (χ3v) is 23.8. The van der Waals surface area contributed by atoms with E-state index in [1.54, 1.807) is 0 Å². The van der Waals surface area contributed by atoms with Crippen LogP contribution >= 0.6 is 0 Å². The van der Waals surface area contributed by atoms with Crippen molar-refractivity contribution in [3.05, 3.63) is 119 Å². The minimum atomic E-state index is -3.12. The molecule has 0 saturated carbocycles. The molecule has 2 aliphatic rings. The zero-order valence-electron chi connectivity index (χ0n) is 18.2. The number of hydrogen-bond acceptors (Lipinski definition) is 0. The summed E-state index contributed by atoms with van der Waals surface area (Å²) in [5, 5.41) is 0. The van der Waals surface area contributed by atoms with Crippen molar-refractivity contribution >= 4 is 0 Å². The van der Waals surface area contributed by atoms with E-state index in [2.05, 4.69) is 125 Å². The van der Waals surface area contributed by atoms with Crippen molar-refractivity contribution < 1.29 is 20.3 Å². The fraction of sp³-hybridized carbons (Fsp3) is 0.286. The van der Waals surface area contributed by atoms with Gasteiger partial charge in [-0.3, -0.25) is 0 Å². The third kappa shape index (κ3) is 3.75. The number of benzene rings is 2. The summed E-state index contributed by atoms with van der Waals surface area (Å²) in [6.07, 6.45) is 15.0. The van der Waals surface area contributed by atoms with Crippen LogP contribution in [0.2, 0.25) is 6.25 Å². The molecule has 2 aromatic rings. The summed E-state index contributed by atoms with van der Waals surface area (Å²) in [6, 6.07) is 22.5. The average Bonchev–Trinajstić information content (AvgIpc) is 3.25. The first-order valence-corrected chi connectivity index (χ1v) is 16.6. The van der Waals surface area contributed by atoms with Gasteiger partial charge in [-0.1, -0.05) is 0 Å². The topological polar surface area (TPSA) is 0 Å². The molecule has 0 radical (unpaired) electrons. The monoisotopic (exact) mass is 458 g/mol. The van der Waals surface area contributed by atoms with Crippen LogP contribution in [0.25, 0.3) is 0 Å². The van der Waals surface area contributed by atoms with E-state index < -0.39 is 20.3 Å². The van der Waals surface area contributed by atoms with E-state index in [1.807, 2.05) is 0 Å². The van der Waals surface area contributed by atoms with Crippen LogP contribution in [-0.4, -0.2) is 0 Å². The van der Waals surface area contributed by atoms with E-state index in [0.717, 1.165) is 0 Å². The van der Waals surface area contributed by atoms with Crippen LogP contribution in [0.1, 0.15) is 38.8 Å². The standard InChI is InChI=1S/2C7H9.2C7H7.Zr/c2*1-6-3-4-7(2)5-6;2*1-7-5-3-2-4-6-7;/h2*3-5H,1-2H3;2*2-6H,1H2;. The Kier molecular flexibility index (Phi) is 5.56. The molecule has 0 N–H and O–H groups in total. The van der Waals surface area contributed by atoms with Gasteiger partial charge in [0.2, 0.25) is 0 Å². The molecule has 2 aromatic carbocycles. The first-order chi connectivity index (χ1) is 13.9. The van der Waals surface area contributed by atoms with Crippen molar-refractivity contribution in [2.75, 3.05) is 0 Å². The Hall–Kier alpha value is -1.72. The molecule has 148 valence electrons. The second-order valence-electron chi connectivity index (χ2n) is 9.42. The molecule has 0 bridgehead atoms.